The van der Waals surface area contributed by atoms with E-state index in [4.69, 9.17) is 9.47 Å². The van der Waals surface area contributed by atoms with E-state index in [1.54, 1.807) is 13.3 Å². The topological polar surface area (TPSA) is 65.5 Å². The fourth-order valence-corrected chi connectivity index (χ4v) is 5.06. The summed E-state index contributed by atoms with van der Waals surface area (Å²) in [7, 11) is -1.53. The van der Waals surface area contributed by atoms with Crippen LogP contribution in [0.25, 0.3) is 11.1 Å². The summed E-state index contributed by atoms with van der Waals surface area (Å²) in [5.41, 5.74) is 4.54. The van der Waals surface area contributed by atoms with Gasteiger partial charge in [-0.3, -0.25) is 0 Å². The number of methoxy groups -OCH3 is 1. The summed E-state index contributed by atoms with van der Waals surface area (Å²) < 4.78 is 36.1. The highest BCUT2D eigenvalue weighted by Crippen LogP contribution is 2.42. The number of hydrogen-bond donors (Lipinski definition) is 0. The van der Waals surface area contributed by atoms with Crippen molar-refractivity contribution in [1.82, 2.24) is 4.98 Å². The monoisotopic (exact) mass is 467 g/mol. The highest BCUT2D eigenvalue weighted by Gasteiger charge is 2.26. The van der Waals surface area contributed by atoms with Crippen molar-refractivity contribution in [3.63, 3.8) is 0 Å². The van der Waals surface area contributed by atoms with Crippen molar-refractivity contribution in [1.29, 1.82) is 0 Å². The molecule has 0 aliphatic heterocycles. The number of rotatable bonds is 8. The average Bonchev–Trinajstić information content (AvgIpc) is 2.76. The molecule has 1 unspecified atom stereocenters. The van der Waals surface area contributed by atoms with E-state index in [1.165, 1.54) is 6.26 Å². The first-order valence-corrected chi connectivity index (χ1v) is 13.1. The molecule has 0 radical (unpaired) electrons. The Morgan fingerprint density at radius 1 is 1.00 bits per heavy atom. The van der Waals surface area contributed by atoms with Crippen molar-refractivity contribution in [3.8, 4) is 22.8 Å². The summed E-state index contributed by atoms with van der Waals surface area (Å²) in [4.78, 5) is 4.51. The second-order valence-electron chi connectivity index (χ2n) is 9.51. The highest BCUT2D eigenvalue weighted by molar-refractivity contribution is 7.90. The van der Waals surface area contributed by atoms with Crippen molar-refractivity contribution in [2.24, 2.45) is 0 Å². The molecule has 3 aromatic rings. The molecule has 0 spiro atoms. The SMILES string of the molecule is COc1cc(C(C)CS(C)(=O)=O)c(-c2cccnc2OCc2ccccc2)cc1C(C)(C)C. The quantitative estimate of drug-likeness (QED) is 0.420. The predicted octanol–water partition coefficient (Wildman–Crippen LogP) is 5.78. The van der Waals surface area contributed by atoms with Crippen LogP contribution >= 0.6 is 0 Å². The number of benzene rings is 2. The third-order valence-corrected chi connectivity index (χ3v) is 6.65. The molecule has 5 nitrogen and oxygen atoms in total. The van der Waals surface area contributed by atoms with Crippen LogP contribution in [0.5, 0.6) is 11.6 Å². The van der Waals surface area contributed by atoms with E-state index in [2.05, 4.69) is 31.8 Å². The molecular formula is C27H33NO4S. The molecule has 1 heterocycles. The number of pyridine rings is 1. The lowest BCUT2D eigenvalue weighted by molar-refractivity contribution is 0.295. The van der Waals surface area contributed by atoms with E-state index in [9.17, 15) is 8.42 Å². The van der Waals surface area contributed by atoms with Gasteiger partial charge >= 0.3 is 0 Å². The number of nitrogens with zero attached hydrogens (tertiary/aromatic N) is 1. The first-order chi connectivity index (χ1) is 15.5. The summed E-state index contributed by atoms with van der Waals surface area (Å²) >= 11 is 0. The Hall–Kier alpha value is -2.86. The van der Waals surface area contributed by atoms with Crippen molar-refractivity contribution in [3.05, 3.63) is 77.5 Å². The van der Waals surface area contributed by atoms with Crippen LogP contribution in [0.4, 0.5) is 0 Å². The van der Waals surface area contributed by atoms with E-state index < -0.39 is 9.84 Å². The van der Waals surface area contributed by atoms with Gasteiger partial charge in [0, 0.05) is 23.6 Å². The van der Waals surface area contributed by atoms with Crippen molar-refractivity contribution in [2.45, 2.75) is 45.6 Å². The Balaban J connectivity index is 2.16. The molecule has 176 valence electrons. The molecule has 3 rings (SSSR count). The van der Waals surface area contributed by atoms with Gasteiger partial charge in [0.05, 0.1) is 12.9 Å². The van der Waals surface area contributed by atoms with Crippen LogP contribution in [0.2, 0.25) is 0 Å². The van der Waals surface area contributed by atoms with Crippen LogP contribution in [0.1, 0.15) is 50.3 Å². The summed E-state index contributed by atoms with van der Waals surface area (Å²) in [6.45, 7) is 8.71. The smallest absolute Gasteiger partial charge is 0.221 e. The van der Waals surface area contributed by atoms with Crippen LogP contribution in [0.15, 0.2) is 60.8 Å². The lowest BCUT2D eigenvalue weighted by atomic mass is 9.81. The fourth-order valence-electron chi connectivity index (χ4n) is 3.97. The van der Waals surface area contributed by atoms with Crippen LogP contribution in [-0.2, 0) is 21.9 Å². The van der Waals surface area contributed by atoms with Crippen molar-refractivity contribution in [2.75, 3.05) is 19.1 Å². The Kier molecular flexibility index (Phi) is 7.48. The minimum atomic E-state index is -3.17. The van der Waals surface area contributed by atoms with E-state index in [1.807, 2.05) is 55.5 Å². The van der Waals surface area contributed by atoms with Crippen molar-refractivity contribution < 1.29 is 17.9 Å². The second-order valence-corrected chi connectivity index (χ2v) is 11.7. The minimum absolute atomic E-state index is 0.0402. The van der Waals surface area contributed by atoms with Crippen LogP contribution in [0.3, 0.4) is 0 Å². The third kappa shape index (κ3) is 6.35. The van der Waals surface area contributed by atoms with E-state index in [-0.39, 0.29) is 17.1 Å². The standard InChI is InChI=1S/C27H33NO4S/c1-19(18-33(6,29)30)22-16-25(31-5)24(27(2,3)4)15-23(22)21-13-10-14-28-26(21)32-17-20-11-8-7-9-12-20/h7-16,19H,17-18H2,1-6H3. The maximum absolute atomic E-state index is 12.1. The molecular weight excluding hydrogens is 434 g/mol. The molecule has 1 aromatic heterocycles. The van der Waals surface area contributed by atoms with Gasteiger partial charge in [-0.25, -0.2) is 13.4 Å². The Labute approximate surface area is 197 Å². The first-order valence-electron chi connectivity index (χ1n) is 11.0. The molecule has 1 atom stereocenters. The fraction of sp³-hybridized carbons (Fsp3) is 0.370. The Bertz CT molecular complexity index is 1200. The molecule has 0 fully saturated rings. The molecule has 0 bridgehead atoms. The largest absolute Gasteiger partial charge is 0.496 e. The summed E-state index contributed by atoms with van der Waals surface area (Å²) in [6.07, 6.45) is 2.97. The Morgan fingerprint density at radius 3 is 2.30 bits per heavy atom. The van der Waals surface area contributed by atoms with Gasteiger partial charge in [0.15, 0.2) is 0 Å². The van der Waals surface area contributed by atoms with Gasteiger partial charge in [0.2, 0.25) is 5.88 Å². The number of ether oxygens (including phenoxy) is 2. The molecule has 6 heteroatoms. The normalized spacial score (nSPS) is 12.9. The van der Waals surface area contributed by atoms with E-state index in [0.717, 1.165) is 33.6 Å². The molecule has 0 saturated heterocycles. The van der Waals surface area contributed by atoms with Gasteiger partial charge in [-0.1, -0.05) is 58.0 Å². The maximum Gasteiger partial charge on any atom is 0.221 e. The summed E-state index contributed by atoms with van der Waals surface area (Å²) in [6, 6.07) is 17.8. The van der Waals surface area contributed by atoms with Gasteiger partial charge < -0.3 is 9.47 Å². The lowest BCUT2D eigenvalue weighted by Gasteiger charge is -2.26. The van der Waals surface area contributed by atoms with E-state index >= 15 is 0 Å². The van der Waals surface area contributed by atoms with Gasteiger partial charge in [-0.05, 0) is 52.3 Å². The zero-order valence-corrected chi connectivity index (χ0v) is 21.1. The Morgan fingerprint density at radius 2 is 1.70 bits per heavy atom. The van der Waals surface area contributed by atoms with Gasteiger partial charge in [-0.15, -0.1) is 0 Å². The number of sulfone groups is 1. The van der Waals surface area contributed by atoms with Crippen molar-refractivity contribution >= 4 is 9.84 Å². The number of aromatic nitrogens is 1. The molecule has 0 N–H and O–H groups in total. The van der Waals surface area contributed by atoms with Gasteiger partial charge in [0.25, 0.3) is 0 Å². The lowest BCUT2D eigenvalue weighted by Crippen LogP contribution is -2.16. The first kappa shape index (κ1) is 24.8. The van der Waals surface area contributed by atoms with E-state index in [0.29, 0.717) is 12.5 Å². The molecule has 0 aliphatic carbocycles. The number of hydrogen-bond acceptors (Lipinski definition) is 5. The van der Waals surface area contributed by atoms with Crippen LogP contribution in [0, 0.1) is 0 Å². The molecule has 0 aliphatic rings. The zero-order chi connectivity index (χ0) is 24.2. The predicted molar refractivity (Wildman–Crippen MR) is 134 cm³/mol. The minimum Gasteiger partial charge on any atom is -0.496 e. The average molecular weight is 468 g/mol. The third-order valence-electron chi connectivity index (χ3n) is 5.54. The second kappa shape index (κ2) is 9.96. The van der Waals surface area contributed by atoms with Gasteiger partial charge in [-0.2, -0.15) is 0 Å². The summed E-state index contributed by atoms with van der Waals surface area (Å²) in [5.74, 6) is 1.06. The van der Waals surface area contributed by atoms with Gasteiger partial charge in [0.1, 0.15) is 22.2 Å². The molecule has 0 saturated carbocycles. The highest BCUT2D eigenvalue weighted by atomic mass is 32.2. The molecule has 0 amide bonds. The molecule has 2 aromatic carbocycles. The molecule has 33 heavy (non-hydrogen) atoms. The summed E-state index contributed by atoms with van der Waals surface area (Å²) in [5, 5.41) is 0. The maximum atomic E-state index is 12.1. The zero-order valence-electron chi connectivity index (χ0n) is 20.3. The van der Waals surface area contributed by atoms with Crippen LogP contribution in [-0.4, -0.2) is 32.5 Å². The van der Waals surface area contributed by atoms with Crippen LogP contribution < -0.4 is 9.47 Å².